The summed E-state index contributed by atoms with van der Waals surface area (Å²) in [6, 6.07) is 104. The second kappa shape index (κ2) is 16.8. The summed E-state index contributed by atoms with van der Waals surface area (Å²) < 4.78 is 13.4. The predicted molar refractivity (Wildman–Crippen MR) is 312 cm³/mol. The highest BCUT2D eigenvalue weighted by atomic mass is 16.5. The monoisotopic (exact) mass is 981 g/mol. The van der Waals surface area contributed by atoms with E-state index in [-0.39, 0.29) is 0 Å². The van der Waals surface area contributed by atoms with E-state index in [2.05, 4.69) is 290 Å². The van der Waals surface area contributed by atoms with Gasteiger partial charge in [-0.2, -0.15) is 0 Å². The summed E-state index contributed by atoms with van der Waals surface area (Å²) in [5, 5.41) is 0. The molecular formula is C74H47NO2. The largest absolute Gasteiger partial charge is 0.457 e. The fraction of sp³-hybridized carbons (Fsp3) is 0.0270. The molecule has 360 valence electrons. The third-order valence-corrected chi connectivity index (χ3v) is 16.8. The molecular weight excluding hydrogens is 935 g/mol. The molecule has 0 amide bonds. The van der Waals surface area contributed by atoms with Gasteiger partial charge >= 0.3 is 0 Å². The van der Waals surface area contributed by atoms with Crippen LogP contribution in [-0.4, -0.2) is 0 Å². The molecule has 0 saturated heterocycles. The third-order valence-electron chi connectivity index (χ3n) is 16.8. The molecule has 0 bridgehead atoms. The lowest BCUT2D eigenvalue weighted by Crippen LogP contribution is -2.32. The van der Waals surface area contributed by atoms with Gasteiger partial charge in [0.05, 0.1) is 22.2 Å². The van der Waals surface area contributed by atoms with Crippen LogP contribution in [0.2, 0.25) is 0 Å². The molecule has 12 aromatic carbocycles. The Labute approximate surface area is 448 Å². The van der Waals surface area contributed by atoms with Crippen LogP contribution in [0.15, 0.2) is 285 Å². The van der Waals surface area contributed by atoms with E-state index < -0.39 is 10.8 Å². The summed E-state index contributed by atoms with van der Waals surface area (Å²) in [5.74, 6) is 3.54. The van der Waals surface area contributed by atoms with Crippen LogP contribution in [0.1, 0.15) is 44.5 Å². The highest BCUT2D eigenvalue weighted by Gasteiger charge is 2.53. The highest BCUT2D eigenvalue weighted by molar-refractivity contribution is 6.02. The zero-order valence-electron chi connectivity index (χ0n) is 41.9. The Bertz CT molecular complexity index is 4290. The predicted octanol–water partition coefficient (Wildman–Crippen LogP) is 19.1. The molecule has 2 heterocycles. The minimum absolute atomic E-state index is 0.577. The highest BCUT2D eigenvalue weighted by Crippen LogP contribution is 2.65. The molecule has 4 aliphatic rings. The second-order valence-corrected chi connectivity index (χ2v) is 20.6. The Morgan fingerprint density at radius 1 is 0.234 bits per heavy atom. The van der Waals surface area contributed by atoms with Crippen molar-refractivity contribution in [2.24, 2.45) is 0 Å². The van der Waals surface area contributed by atoms with Crippen molar-refractivity contribution in [1.29, 1.82) is 0 Å². The van der Waals surface area contributed by atoms with Crippen molar-refractivity contribution in [3.8, 4) is 78.6 Å². The molecule has 77 heavy (non-hydrogen) atoms. The Balaban J connectivity index is 0.919. The summed E-state index contributed by atoms with van der Waals surface area (Å²) in [6.45, 7) is 0. The number of hydrogen-bond acceptors (Lipinski definition) is 3. The van der Waals surface area contributed by atoms with Gasteiger partial charge in [-0.15, -0.1) is 0 Å². The van der Waals surface area contributed by atoms with E-state index in [0.717, 1.165) is 90.1 Å². The van der Waals surface area contributed by atoms with Crippen LogP contribution in [0, 0.1) is 0 Å². The first-order valence-electron chi connectivity index (χ1n) is 26.6. The lowest BCUT2D eigenvalue weighted by molar-refractivity contribution is 0.436. The van der Waals surface area contributed by atoms with Crippen LogP contribution in [0.5, 0.6) is 23.0 Å². The Hall–Kier alpha value is -9.96. The van der Waals surface area contributed by atoms with E-state index in [4.69, 9.17) is 9.47 Å². The molecule has 2 aliphatic heterocycles. The second-order valence-electron chi connectivity index (χ2n) is 20.6. The van der Waals surface area contributed by atoms with Crippen molar-refractivity contribution in [3.63, 3.8) is 0 Å². The minimum Gasteiger partial charge on any atom is -0.457 e. The summed E-state index contributed by atoms with van der Waals surface area (Å²) in [7, 11) is 0. The fourth-order valence-corrected chi connectivity index (χ4v) is 13.8. The fourth-order valence-electron chi connectivity index (χ4n) is 13.8. The van der Waals surface area contributed by atoms with Gasteiger partial charge in [-0.25, -0.2) is 0 Å². The minimum atomic E-state index is -0.596. The van der Waals surface area contributed by atoms with E-state index in [9.17, 15) is 0 Å². The number of nitrogens with zero attached hydrogens (tertiary/aromatic N) is 1. The quantitative estimate of drug-likeness (QED) is 0.166. The molecule has 0 unspecified atom stereocenters. The smallest absolute Gasteiger partial charge is 0.132 e. The molecule has 3 heteroatoms. The van der Waals surface area contributed by atoms with Gasteiger partial charge in [-0.3, -0.25) is 0 Å². The summed E-state index contributed by atoms with van der Waals surface area (Å²) in [5.41, 5.74) is 23.5. The zero-order valence-corrected chi connectivity index (χ0v) is 41.9. The summed E-state index contributed by atoms with van der Waals surface area (Å²) in [6.07, 6.45) is 0. The maximum Gasteiger partial charge on any atom is 0.132 e. The molecule has 0 atom stereocenters. The normalized spacial score (nSPS) is 13.9. The van der Waals surface area contributed by atoms with Crippen LogP contribution in [0.3, 0.4) is 0 Å². The number of fused-ring (bicyclic) bond motifs is 18. The first-order chi connectivity index (χ1) is 38.2. The van der Waals surface area contributed by atoms with Crippen LogP contribution >= 0.6 is 0 Å². The van der Waals surface area contributed by atoms with Crippen molar-refractivity contribution >= 4 is 17.1 Å². The van der Waals surface area contributed by atoms with Gasteiger partial charge in [0.1, 0.15) is 23.0 Å². The van der Waals surface area contributed by atoms with Gasteiger partial charge in [0.25, 0.3) is 0 Å². The summed E-state index contributed by atoms with van der Waals surface area (Å²) in [4.78, 5) is 2.49. The lowest BCUT2D eigenvalue weighted by atomic mass is 9.66. The van der Waals surface area contributed by atoms with E-state index in [1.807, 2.05) is 0 Å². The average molecular weight is 982 g/mol. The molecule has 12 aromatic rings. The molecule has 3 nitrogen and oxygen atoms in total. The molecule has 0 radical (unpaired) electrons. The number of ether oxygens (including phenoxy) is 2. The number of rotatable bonds is 6. The molecule has 0 saturated carbocycles. The van der Waals surface area contributed by atoms with E-state index in [0.29, 0.717) is 0 Å². The number of para-hydroxylation sites is 6. The Morgan fingerprint density at radius 2 is 0.636 bits per heavy atom. The third kappa shape index (κ3) is 6.08. The van der Waals surface area contributed by atoms with Gasteiger partial charge in [-0.05, 0) is 121 Å². The number of hydrogen-bond donors (Lipinski definition) is 0. The molecule has 0 fully saturated rings. The van der Waals surface area contributed by atoms with Crippen LogP contribution < -0.4 is 14.4 Å². The first-order valence-corrected chi connectivity index (χ1v) is 26.6. The Morgan fingerprint density at radius 3 is 1.26 bits per heavy atom. The SMILES string of the molecule is c1ccc(-c2ccccc2N(c2cccc(-c3ccc4c(c3)C3(c5ccccc5Oc5ccccc53)c3ccccc3-4)c2)c2ccccc2-c2cccc3c2-c2ccccc2C32c3ccccc3Oc3ccccc32)cc1. The molecule has 0 N–H and O–H groups in total. The van der Waals surface area contributed by atoms with Crippen LogP contribution in [0.25, 0.3) is 55.6 Å². The molecule has 2 aliphatic carbocycles. The van der Waals surface area contributed by atoms with E-state index >= 15 is 0 Å². The molecule has 0 aromatic heterocycles. The standard InChI is InChI=1S/C74H47NO2/c1-2-22-48(23-3-1)52-26-6-14-38-66(52)75(51-25-20-24-49(46-51)50-44-45-54-53-27-4-8-31-58(53)74(65(54)47-50)62-35-12-18-42-70(62)77-71-43-19-13-36-63(71)74)67-39-15-7-28-55(67)56-30-21-37-64-72(56)57-29-5-9-32-59(57)73(64)60-33-10-16-40-68(60)76-69-41-17-11-34-61(69)73/h1-47H. The van der Waals surface area contributed by atoms with Crippen LogP contribution in [-0.2, 0) is 10.8 Å². The average Bonchev–Trinajstić information content (AvgIpc) is 4.19. The van der Waals surface area contributed by atoms with Crippen molar-refractivity contribution < 1.29 is 9.47 Å². The van der Waals surface area contributed by atoms with Gasteiger partial charge in [0.15, 0.2) is 0 Å². The molecule has 16 rings (SSSR count). The maximum atomic E-state index is 6.73. The number of anilines is 3. The van der Waals surface area contributed by atoms with Gasteiger partial charge < -0.3 is 14.4 Å². The Kier molecular flexibility index (Phi) is 9.47. The van der Waals surface area contributed by atoms with Crippen molar-refractivity contribution in [1.82, 2.24) is 0 Å². The first kappa shape index (κ1) is 43.4. The maximum absolute atomic E-state index is 6.73. The van der Waals surface area contributed by atoms with Crippen molar-refractivity contribution in [3.05, 3.63) is 330 Å². The van der Waals surface area contributed by atoms with Crippen molar-refractivity contribution in [2.45, 2.75) is 10.8 Å². The summed E-state index contributed by atoms with van der Waals surface area (Å²) >= 11 is 0. The van der Waals surface area contributed by atoms with Crippen LogP contribution in [0.4, 0.5) is 17.1 Å². The molecule has 2 spiro atoms. The van der Waals surface area contributed by atoms with Gasteiger partial charge in [-0.1, -0.05) is 231 Å². The number of benzene rings is 12. The zero-order chi connectivity index (χ0) is 50.7. The van der Waals surface area contributed by atoms with E-state index in [1.54, 1.807) is 0 Å². The van der Waals surface area contributed by atoms with Gasteiger partial charge in [0.2, 0.25) is 0 Å². The lowest BCUT2D eigenvalue weighted by Gasteiger charge is -2.39. The van der Waals surface area contributed by atoms with Crippen molar-refractivity contribution in [2.75, 3.05) is 4.90 Å². The van der Waals surface area contributed by atoms with Gasteiger partial charge in [0, 0.05) is 39.1 Å². The van der Waals surface area contributed by atoms with E-state index in [1.165, 1.54) is 50.1 Å². The topological polar surface area (TPSA) is 21.7 Å².